The van der Waals surface area contributed by atoms with E-state index in [0.717, 1.165) is 5.01 Å². The number of hydrogen-bond acceptors (Lipinski definition) is 7. The third kappa shape index (κ3) is 2.68. The molecule has 0 fully saturated rings. The molecule has 0 bridgehead atoms. The van der Waals surface area contributed by atoms with Gasteiger partial charge in [0, 0.05) is 17.0 Å². The largest absolute Gasteiger partial charge is 0.464 e. The summed E-state index contributed by atoms with van der Waals surface area (Å²) in [6.07, 6.45) is 1.77. The normalized spacial score (nSPS) is 11.3. The van der Waals surface area contributed by atoms with E-state index in [1.165, 1.54) is 18.4 Å². The molecule has 0 radical (unpaired) electrons. The van der Waals surface area contributed by atoms with Crippen molar-refractivity contribution in [2.45, 2.75) is 19.4 Å². The summed E-state index contributed by atoms with van der Waals surface area (Å²) in [7, 11) is 1.34. The van der Waals surface area contributed by atoms with E-state index >= 15 is 0 Å². The summed E-state index contributed by atoms with van der Waals surface area (Å²) in [4.78, 5) is 19.8. The molecule has 1 N–H and O–H groups in total. The summed E-state index contributed by atoms with van der Waals surface area (Å²) in [5, 5.41) is 8.52. The van der Waals surface area contributed by atoms with E-state index in [2.05, 4.69) is 20.0 Å². The Morgan fingerprint density at radius 2 is 2.22 bits per heavy atom. The van der Waals surface area contributed by atoms with Gasteiger partial charge in [-0.25, -0.2) is 14.8 Å². The highest BCUT2D eigenvalue weighted by Gasteiger charge is 2.24. The number of esters is 1. The quantitative estimate of drug-likeness (QED) is 0.874. The smallest absolute Gasteiger partial charge is 0.357 e. The molecule has 0 saturated heterocycles. The Bertz CT molecular complexity index is 534. The summed E-state index contributed by atoms with van der Waals surface area (Å²) >= 11 is 2.95. The molecule has 0 atom stereocenters. The molecule has 0 spiro atoms. The second-order valence-electron chi connectivity index (χ2n) is 4.12. The van der Waals surface area contributed by atoms with Crippen LogP contribution in [0.1, 0.15) is 29.3 Å². The molecule has 18 heavy (non-hydrogen) atoms. The Kier molecular flexibility index (Phi) is 3.63. The fourth-order valence-electron chi connectivity index (χ4n) is 1.38. The van der Waals surface area contributed by atoms with Crippen LogP contribution in [0.5, 0.6) is 0 Å². The number of rotatable bonds is 4. The van der Waals surface area contributed by atoms with Crippen molar-refractivity contribution in [3.05, 3.63) is 27.7 Å². The van der Waals surface area contributed by atoms with E-state index in [-0.39, 0.29) is 5.54 Å². The second-order valence-corrected chi connectivity index (χ2v) is 5.87. The van der Waals surface area contributed by atoms with Gasteiger partial charge in [-0.2, -0.15) is 0 Å². The van der Waals surface area contributed by atoms with E-state index in [4.69, 9.17) is 0 Å². The Labute approximate surface area is 113 Å². The van der Waals surface area contributed by atoms with Crippen molar-refractivity contribution in [2.75, 3.05) is 12.4 Å². The molecule has 5 nitrogen and oxygen atoms in total. The summed E-state index contributed by atoms with van der Waals surface area (Å²) < 4.78 is 4.62. The van der Waals surface area contributed by atoms with Crippen LogP contribution in [0.2, 0.25) is 0 Å². The van der Waals surface area contributed by atoms with E-state index in [1.54, 1.807) is 22.9 Å². The number of methoxy groups -OCH3 is 1. The molecule has 96 valence electrons. The molecule has 0 aliphatic carbocycles. The maximum atomic E-state index is 11.3. The zero-order valence-electron chi connectivity index (χ0n) is 10.3. The van der Waals surface area contributed by atoms with E-state index in [1.807, 2.05) is 19.2 Å². The van der Waals surface area contributed by atoms with Crippen LogP contribution in [0.25, 0.3) is 0 Å². The first kappa shape index (κ1) is 13.0. The highest BCUT2D eigenvalue weighted by molar-refractivity contribution is 7.14. The minimum Gasteiger partial charge on any atom is -0.464 e. The van der Waals surface area contributed by atoms with Gasteiger partial charge < -0.3 is 10.1 Å². The Morgan fingerprint density at radius 1 is 1.44 bits per heavy atom. The second kappa shape index (κ2) is 5.03. The molecular weight excluding hydrogens is 270 g/mol. The average Bonchev–Trinajstić information content (AvgIpc) is 2.97. The topological polar surface area (TPSA) is 64.1 Å². The molecular formula is C11H13N3O2S2. The van der Waals surface area contributed by atoms with Gasteiger partial charge in [0.1, 0.15) is 5.01 Å². The summed E-state index contributed by atoms with van der Waals surface area (Å²) in [5.41, 5.74) is -0.000643. The Hall–Kier alpha value is -1.47. The predicted octanol–water partition coefficient (Wildman–Crippen LogP) is 2.73. The lowest BCUT2D eigenvalue weighted by molar-refractivity contribution is 0.0595. The first-order chi connectivity index (χ1) is 8.53. The monoisotopic (exact) mass is 283 g/mol. The van der Waals surface area contributed by atoms with Crippen LogP contribution in [0.15, 0.2) is 17.0 Å². The fraction of sp³-hybridized carbons (Fsp3) is 0.364. The number of carbonyl (C=O) groups is 1. The van der Waals surface area contributed by atoms with Crippen LogP contribution in [0, 0.1) is 0 Å². The summed E-state index contributed by atoms with van der Waals surface area (Å²) in [5.74, 6) is -0.425. The highest BCUT2D eigenvalue weighted by atomic mass is 32.1. The summed E-state index contributed by atoms with van der Waals surface area (Å²) in [6.45, 7) is 4.04. The van der Waals surface area contributed by atoms with Crippen molar-refractivity contribution in [2.24, 2.45) is 0 Å². The van der Waals surface area contributed by atoms with Gasteiger partial charge in [0.15, 0.2) is 10.8 Å². The van der Waals surface area contributed by atoms with Crippen LogP contribution in [0.4, 0.5) is 5.13 Å². The molecule has 2 heterocycles. The number of ether oxygens (including phenoxy) is 1. The highest BCUT2D eigenvalue weighted by Crippen LogP contribution is 2.28. The summed E-state index contributed by atoms with van der Waals surface area (Å²) in [6, 6.07) is 0. The van der Waals surface area contributed by atoms with Crippen LogP contribution in [0.3, 0.4) is 0 Å². The van der Waals surface area contributed by atoms with Crippen LogP contribution >= 0.6 is 22.7 Å². The number of carbonyl (C=O) groups excluding carboxylic acids is 1. The van der Waals surface area contributed by atoms with Crippen molar-refractivity contribution in [3.8, 4) is 0 Å². The first-order valence-corrected chi connectivity index (χ1v) is 7.01. The van der Waals surface area contributed by atoms with Gasteiger partial charge in [-0.3, -0.25) is 0 Å². The number of thiazole rings is 2. The zero-order valence-corrected chi connectivity index (χ0v) is 11.9. The predicted molar refractivity (Wildman–Crippen MR) is 72.2 cm³/mol. The van der Waals surface area contributed by atoms with Crippen LogP contribution in [-0.2, 0) is 10.3 Å². The molecule has 2 rings (SSSR count). The molecule has 0 unspecified atom stereocenters. The molecule has 0 aliphatic rings. The molecule has 7 heteroatoms. The molecule has 0 aromatic carbocycles. The number of anilines is 1. The molecule has 2 aromatic heterocycles. The molecule has 2 aromatic rings. The molecule has 0 amide bonds. The van der Waals surface area contributed by atoms with Crippen molar-refractivity contribution < 1.29 is 9.53 Å². The van der Waals surface area contributed by atoms with Gasteiger partial charge in [0.25, 0.3) is 0 Å². The SMILES string of the molecule is COC(=O)c1csc(NC(C)(C)c2nccs2)n1. The average molecular weight is 283 g/mol. The van der Waals surface area contributed by atoms with Gasteiger partial charge in [-0.05, 0) is 13.8 Å². The van der Waals surface area contributed by atoms with Crippen LogP contribution < -0.4 is 5.32 Å². The van der Waals surface area contributed by atoms with Gasteiger partial charge in [-0.1, -0.05) is 0 Å². The van der Waals surface area contributed by atoms with Crippen molar-refractivity contribution >= 4 is 33.8 Å². The molecule has 0 aliphatic heterocycles. The first-order valence-electron chi connectivity index (χ1n) is 5.25. The number of nitrogens with one attached hydrogen (secondary N) is 1. The van der Waals surface area contributed by atoms with Crippen molar-refractivity contribution in [1.29, 1.82) is 0 Å². The Balaban J connectivity index is 2.14. The minimum atomic E-state index is -0.425. The van der Waals surface area contributed by atoms with Gasteiger partial charge in [0.05, 0.1) is 12.6 Å². The van der Waals surface area contributed by atoms with Gasteiger partial charge in [0.2, 0.25) is 0 Å². The fourth-order valence-corrected chi connectivity index (χ4v) is 2.94. The minimum absolute atomic E-state index is 0.319. The maximum absolute atomic E-state index is 11.3. The van der Waals surface area contributed by atoms with Crippen molar-refractivity contribution in [1.82, 2.24) is 9.97 Å². The lowest BCUT2D eigenvalue weighted by atomic mass is 10.1. The third-order valence-corrected chi connectivity index (χ3v) is 4.14. The number of aromatic nitrogens is 2. The van der Waals surface area contributed by atoms with Crippen molar-refractivity contribution in [3.63, 3.8) is 0 Å². The lowest BCUT2D eigenvalue weighted by Crippen LogP contribution is -2.27. The van der Waals surface area contributed by atoms with E-state index in [0.29, 0.717) is 10.8 Å². The third-order valence-electron chi connectivity index (χ3n) is 2.29. The lowest BCUT2D eigenvalue weighted by Gasteiger charge is -2.23. The van der Waals surface area contributed by atoms with E-state index in [9.17, 15) is 4.79 Å². The zero-order chi connectivity index (χ0) is 13.2. The van der Waals surface area contributed by atoms with Gasteiger partial charge in [-0.15, -0.1) is 22.7 Å². The standard InChI is InChI=1S/C11H13N3O2S2/c1-11(2,9-12-4-5-17-9)14-10-13-7(6-18-10)8(15)16-3/h4-6H,1-3H3,(H,13,14). The van der Waals surface area contributed by atoms with E-state index < -0.39 is 5.97 Å². The number of nitrogens with zero attached hydrogens (tertiary/aromatic N) is 2. The van der Waals surface area contributed by atoms with Gasteiger partial charge >= 0.3 is 5.97 Å². The number of hydrogen-bond donors (Lipinski definition) is 1. The maximum Gasteiger partial charge on any atom is 0.357 e. The Morgan fingerprint density at radius 3 is 2.83 bits per heavy atom. The van der Waals surface area contributed by atoms with Crippen LogP contribution in [-0.4, -0.2) is 23.0 Å². The molecule has 0 saturated carbocycles.